The number of hydrogen-bond donors (Lipinski definition) is 2. The lowest BCUT2D eigenvalue weighted by molar-refractivity contribution is -0.148. The van der Waals surface area contributed by atoms with Gasteiger partial charge in [-0.1, -0.05) is 72.8 Å². The van der Waals surface area contributed by atoms with Crippen molar-refractivity contribution in [2.45, 2.75) is 24.9 Å². The standard InChI is InChI=1S/C27H29NO5/c1-32-25(27(30)31)18-20-12-14-23(15-13-20)33-19-26(29)28-17-16-24(21-8-4-2-5-9-21)22-10-6-3-7-11-22/h2-15,24-25H,16-19H2,1H3,(H,28,29)(H,30,31)/t25-/m0/s1. The Balaban J connectivity index is 1.47. The number of carbonyl (C=O) groups is 2. The van der Waals surface area contributed by atoms with Crippen molar-refractivity contribution >= 4 is 11.9 Å². The van der Waals surface area contributed by atoms with Gasteiger partial charge in [-0.15, -0.1) is 0 Å². The van der Waals surface area contributed by atoms with Crippen molar-refractivity contribution < 1.29 is 24.2 Å². The molecule has 0 heterocycles. The summed E-state index contributed by atoms with van der Waals surface area (Å²) in [5.41, 5.74) is 3.25. The molecule has 3 aromatic rings. The van der Waals surface area contributed by atoms with Crippen molar-refractivity contribution in [1.29, 1.82) is 0 Å². The SMILES string of the molecule is CO[C@@H](Cc1ccc(OCC(=O)NCCC(c2ccccc2)c2ccccc2)cc1)C(=O)O. The molecule has 0 saturated carbocycles. The largest absolute Gasteiger partial charge is 0.484 e. The third kappa shape index (κ3) is 7.47. The molecule has 172 valence electrons. The number of ether oxygens (including phenoxy) is 2. The summed E-state index contributed by atoms with van der Waals surface area (Å²) in [6, 6.07) is 27.5. The fraction of sp³-hybridized carbons (Fsp3) is 0.259. The summed E-state index contributed by atoms with van der Waals surface area (Å²) in [6.45, 7) is 0.444. The summed E-state index contributed by atoms with van der Waals surface area (Å²) in [7, 11) is 1.37. The molecule has 3 rings (SSSR count). The number of nitrogens with one attached hydrogen (secondary N) is 1. The number of aliphatic carboxylic acids is 1. The van der Waals surface area contributed by atoms with E-state index in [2.05, 4.69) is 29.6 Å². The smallest absolute Gasteiger partial charge is 0.333 e. The van der Waals surface area contributed by atoms with Gasteiger partial charge in [0.25, 0.3) is 5.91 Å². The van der Waals surface area contributed by atoms with Gasteiger partial charge in [-0.25, -0.2) is 4.79 Å². The fourth-order valence-corrected chi connectivity index (χ4v) is 3.66. The van der Waals surface area contributed by atoms with Crippen molar-refractivity contribution in [1.82, 2.24) is 5.32 Å². The first-order chi connectivity index (χ1) is 16.1. The molecule has 0 aliphatic heterocycles. The minimum Gasteiger partial charge on any atom is -0.484 e. The average molecular weight is 448 g/mol. The number of carbonyl (C=O) groups excluding carboxylic acids is 1. The van der Waals surface area contributed by atoms with Crippen LogP contribution in [0.3, 0.4) is 0 Å². The number of carboxylic acid groups (broad SMARTS) is 1. The van der Waals surface area contributed by atoms with Gasteiger partial charge in [0.2, 0.25) is 0 Å². The van der Waals surface area contributed by atoms with Crippen LogP contribution in [0.2, 0.25) is 0 Å². The summed E-state index contributed by atoms with van der Waals surface area (Å²) in [5, 5.41) is 12.0. The number of hydrogen-bond acceptors (Lipinski definition) is 4. The van der Waals surface area contributed by atoms with Crippen LogP contribution in [-0.4, -0.2) is 43.3 Å². The first-order valence-electron chi connectivity index (χ1n) is 10.9. The average Bonchev–Trinajstić information content (AvgIpc) is 2.85. The van der Waals surface area contributed by atoms with E-state index in [0.717, 1.165) is 12.0 Å². The topological polar surface area (TPSA) is 84.9 Å². The minimum absolute atomic E-state index is 0.0868. The Labute approximate surface area is 194 Å². The second-order valence-corrected chi connectivity index (χ2v) is 7.71. The molecule has 3 aromatic carbocycles. The molecule has 33 heavy (non-hydrogen) atoms. The Bertz CT molecular complexity index is 966. The van der Waals surface area contributed by atoms with Crippen molar-refractivity contribution in [2.24, 2.45) is 0 Å². The Kier molecular flexibility index (Phi) is 9.03. The van der Waals surface area contributed by atoms with E-state index in [1.54, 1.807) is 24.3 Å². The molecule has 0 fully saturated rings. The van der Waals surface area contributed by atoms with Crippen LogP contribution in [0, 0.1) is 0 Å². The van der Waals surface area contributed by atoms with Gasteiger partial charge < -0.3 is 19.9 Å². The van der Waals surface area contributed by atoms with Gasteiger partial charge >= 0.3 is 5.97 Å². The summed E-state index contributed by atoms with van der Waals surface area (Å²) >= 11 is 0. The van der Waals surface area contributed by atoms with Gasteiger partial charge in [-0.3, -0.25) is 4.79 Å². The van der Waals surface area contributed by atoms with E-state index in [4.69, 9.17) is 14.6 Å². The molecule has 0 spiro atoms. The van der Waals surface area contributed by atoms with Gasteiger partial charge in [-0.05, 0) is 35.2 Å². The molecule has 1 atom stereocenters. The molecule has 0 aliphatic carbocycles. The minimum atomic E-state index is -1.00. The van der Waals surface area contributed by atoms with Gasteiger partial charge in [0.1, 0.15) is 5.75 Å². The lowest BCUT2D eigenvalue weighted by atomic mass is 9.88. The molecule has 0 aliphatic rings. The maximum absolute atomic E-state index is 12.3. The van der Waals surface area contributed by atoms with E-state index in [1.807, 2.05) is 36.4 Å². The lowest BCUT2D eigenvalue weighted by Gasteiger charge is -2.18. The van der Waals surface area contributed by atoms with Crippen LogP contribution in [0.25, 0.3) is 0 Å². The maximum Gasteiger partial charge on any atom is 0.333 e. The summed E-state index contributed by atoms with van der Waals surface area (Å²) < 4.78 is 10.5. The van der Waals surface area contributed by atoms with E-state index in [0.29, 0.717) is 12.3 Å². The molecular formula is C27H29NO5. The number of rotatable bonds is 12. The maximum atomic E-state index is 12.3. The summed E-state index contributed by atoms with van der Waals surface area (Å²) in [4.78, 5) is 23.4. The molecule has 2 N–H and O–H groups in total. The first kappa shape index (κ1) is 24.0. The van der Waals surface area contributed by atoms with Gasteiger partial charge in [0, 0.05) is 26.0 Å². The second-order valence-electron chi connectivity index (χ2n) is 7.71. The van der Waals surface area contributed by atoms with E-state index in [1.165, 1.54) is 18.2 Å². The monoisotopic (exact) mass is 447 g/mol. The van der Waals surface area contributed by atoms with E-state index < -0.39 is 12.1 Å². The second kappa shape index (κ2) is 12.4. The van der Waals surface area contributed by atoms with Crippen LogP contribution in [0.5, 0.6) is 5.75 Å². The Morgan fingerprint density at radius 3 is 1.97 bits per heavy atom. The van der Waals surface area contributed by atoms with Crippen molar-refractivity contribution in [2.75, 3.05) is 20.3 Å². The highest BCUT2D eigenvalue weighted by molar-refractivity contribution is 5.77. The Hall–Kier alpha value is -3.64. The van der Waals surface area contributed by atoms with Crippen LogP contribution in [-0.2, 0) is 20.7 Å². The van der Waals surface area contributed by atoms with Crippen LogP contribution in [0.15, 0.2) is 84.9 Å². The predicted octanol–water partition coefficient (Wildman–Crippen LogP) is 4.05. The number of carboxylic acids is 1. The number of amides is 1. The molecule has 6 heteroatoms. The van der Waals surface area contributed by atoms with E-state index in [9.17, 15) is 9.59 Å². The number of benzene rings is 3. The zero-order valence-electron chi connectivity index (χ0n) is 18.6. The lowest BCUT2D eigenvalue weighted by Crippen LogP contribution is -2.30. The zero-order valence-corrected chi connectivity index (χ0v) is 18.6. The fourth-order valence-electron chi connectivity index (χ4n) is 3.66. The van der Waals surface area contributed by atoms with Gasteiger partial charge in [0.15, 0.2) is 12.7 Å². The molecule has 0 bridgehead atoms. The molecule has 0 radical (unpaired) electrons. The van der Waals surface area contributed by atoms with E-state index in [-0.39, 0.29) is 24.9 Å². The highest BCUT2D eigenvalue weighted by Gasteiger charge is 2.17. The summed E-state index contributed by atoms with van der Waals surface area (Å²) in [6.07, 6.45) is 0.146. The molecule has 6 nitrogen and oxygen atoms in total. The van der Waals surface area contributed by atoms with Crippen LogP contribution >= 0.6 is 0 Å². The van der Waals surface area contributed by atoms with Gasteiger partial charge in [-0.2, -0.15) is 0 Å². The molecule has 0 saturated heterocycles. The van der Waals surface area contributed by atoms with Crippen molar-refractivity contribution in [3.63, 3.8) is 0 Å². The summed E-state index contributed by atoms with van der Waals surface area (Å²) in [5.74, 6) is -0.451. The third-order valence-electron chi connectivity index (χ3n) is 5.43. The van der Waals surface area contributed by atoms with Crippen LogP contribution < -0.4 is 10.1 Å². The molecular weight excluding hydrogens is 418 g/mol. The van der Waals surface area contributed by atoms with Crippen LogP contribution in [0.4, 0.5) is 0 Å². The normalized spacial score (nSPS) is 11.7. The van der Waals surface area contributed by atoms with Crippen molar-refractivity contribution in [3.8, 4) is 5.75 Å². The molecule has 0 aromatic heterocycles. The van der Waals surface area contributed by atoms with Crippen molar-refractivity contribution in [3.05, 3.63) is 102 Å². The highest BCUT2D eigenvalue weighted by Crippen LogP contribution is 2.27. The third-order valence-corrected chi connectivity index (χ3v) is 5.43. The number of methoxy groups -OCH3 is 1. The highest BCUT2D eigenvalue weighted by atomic mass is 16.5. The van der Waals surface area contributed by atoms with Crippen LogP contribution in [0.1, 0.15) is 29.0 Å². The Morgan fingerprint density at radius 2 is 1.45 bits per heavy atom. The predicted molar refractivity (Wildman–Crippen MR) is 126 cm³/mol. The first-order valence-corrected chi connectivity index (χ1v) is 10.9. The van der Waals surface area contributed by atoms with E-state index >= 15 is 0 Å². The zero-order chi connectivity index (χ0) is 23.5. The quantitative estimate of drug-likeness (QED) is 0.438. The Morgan fingerprint density at radius 1 is 0.879 bits per heavy atom. The molecule has 0 unspecified atom stereocenters. The molecule has 1 amide bonds. The van der Waals surface area contributed by atoms with Gasteiger partial charge in [0.05, 0.1) is 0 Å².